The maximum Gasteiger partial charge on any atom is 0.573 e. The third-order valence-electron chi connectivity index (χ3n) is 4.34. The smallest absolute Gasteiger partial charge is 0.406 e. The Hall–Kier alpha value is -2.68. The van der Waals surface area contributed by atoms with E-state index in [9.17, 15) is 18.0 Å². The van der Waals surface area contributed by atoms with Crippen LogP contribution in [0.25, 0.3) is 0 Å². The molecule has 1 amide bonds. The molecule has 0 aliphatic carbocycles. The van der Waals surface area contributed by atoms with Crippen molar-refractivity contribution in [3.05, 3.63) is 53.6 Å². The van der Waals surface area contributed by atoms with Gasteiger partial charge in [-0.15, -0.1) is 13.2 Å². The molecular weight excluding hydrogens is 361 g/mol. The summed E-state index contributed by atoms with van der Waals surface area (Å²) in [6.45, 7) is 3.74. The van der Waals surface area contributed by atoms with Crippen LogP contribution in [0.5, 0.6) is 5.75 Å². The second-order valence-corrected chi connectivity index (χ2v) is 6.42. The van der Waals surface area contributed by atoms with Crippen molar-refractivity contribution >= 4 is 5.91 Å². The van der Waals surface area contributed by atoms with Crippen LogP contribution in [0, 0.1) is 0 Å². The van der Waals surface area contributed by atoms with E-state index in [2.05, 4.69) is 25.3 Å². The molecule has 3 atom stereocenters. The van der Waals surface area contributed by atoms with E-state index in [1.165, 1.54) is 18.5 Å². The molecule has 1 fully saturated rings. The average molecular weight is 380 g/mol. The van der Waals surface area contributed by atoms with Crippen LogP contribution in [-0.2, 0) is 4.79 Å². The molecule has 3 rings (SSSR count). The van der Waals surface area contributed by atoms with Gasteiger partial charge < -0.3 is 10.1 Å². The van der Waals surface area contributed by atoms with Crippen LogP contribution in [0.3, 0.4) is 0 Å². The highest BCUT2D eigenvalue weighted by Crippen LogP contribution is 2.28. The van der Waals surface area contributed by atoms with Crippen molar-refractivity contribution in [3.63, 3.8) is 0 Å². The number of hydrogen-bond acceptors (Lipinski definition) is 5. The first kappa shape index (κ1) is 19.1. The van der Waals surface area contributed by atoms with E-state index in [4.69, 9.17) is 0 Å². The molecule has 1 aromatic heterocycles. The summed E-state index contributed by atoms with van der Waals surface area (Å²) < 4.78 is 40.7. The standard InChI is InChI=1S/C18H19F3N4O2/c1-10(12-3-5-13(6-4-12)27-18(19,20)21)14-7-15(23-9-22-14)16-8-17(26)25-11(2)24-16/h3-7,9-11,16,24H,8H2,1-2H3,(H,25,26). The van der Waals surface area contributed by atoms with Crippen LogP contribution < -0.4 is 15.4 Å². The number of hydrogen-bond donors (Lipinski definition) is 2. The lowest BCUT2D eigenvalue weighted by molar-refractivity contribution is -0.274. The molecule has 0 radical (unpaired) electrons. The Labute approximate surface area is 154 Å². The summed E-state index contributed by atoms with van der Waals surface area (Å²) in [5, 5.41) is 6.03. The van der Waals surface area contributed by atoms with Crippen LogP contribution in [-0.4, -0.2) is 28.4 Å². The fraction of sp³-hybridized carbons (Fsp3) is 0.389. The van der Waals surface area contributed by atoms with Gasteiger partial charge in [-0.2, -0.15) is 0 Å². The third-order valence-corrected chi connectivity index (χ3v) is 4.34. The number of aromatic nitrogens is 2. The fourth-order valence-corrected chi connectivity index (χ4v) is 3.02. The zero-order chi connectivity index (χ0) is 19.6. The van der Waals surface area contributed by atoms with Crippen molar-refractivity contribution in [1.82, 2.24) is 20.6 Å². The Balaban J connectivity index is 1.77. The Bertz CT molecular complexity index is 811. The lowest BCUT2D eigenvalue weighted by Crippen LogP contribution is -2.51. The summed E-state index contributed by atoms with van der Waals surface area (Å²) in [6, 6.07) is 7.29. The molecule has 2 N–H and O–H groups in total. The first-order chi connectivity index (χ1) is 12.7. The SMILES string of the molecule is CC1NC(=O)CC(c2cc(C(C)c3ccc(OC(F)(F)F)cc3)ncn2)N1. The minimum Gasteiger partial charge on any atom is -0.406 e. The zero-order valence-electron chi connectivity index (χ0n) is 14.7. The van der Waals surface area contributed by atoms with Crippen LogP contribution in [0.1, 0.15) is 49.2 Å². The van der Waals surface area contributed by atoms with Gasteiger partial charge in [0.2, 0.25) is 5.91 Å². The molecule has 3 unspecified atom stereocenters. The highest BCUT2D eigenvalue weighted by molar-refractivity contribution is 5.77. The first-order valence-electron chi connectivity index (χ1n) is 8.44. The summed E-state index contributed by atoms with van der Waals surface area (Å²) in [7, 11) is 0. The van der Waals surface area contributed by atoms with Crippen LogP contribution in [0.4, 0.5) is 13.2 Å². The van der Waals surface area contributed by atoms with Gasteiger partial charge in [0.05, 0.1) is 23.6 Å². The normalized spacial score (nSPS) is 21.4. The third kappa shape index (κ3) is 4.94. The van der Waals surface area contributed by atoms with Crippen molar-refractivity contribution in [2.75, 3.05) is 0 Å². The molecule has 9 heteroatoms. The average Bonchev–Trinajstić information content (AvgIpc) is 2.60. The van der Waals surface area contributed by atoms with Crippen molar-refractivity contribution < 1.29 is 22.7 Å². The molecule has 2 aromatic rings. The van der Waals surface area contributed by atoms with Crippen molar-refractivity contribution in [2.24, 2.45) is 0 Å². The molecule has 0 bridgehead atoms. The zero-order valence-corrected chi connectivity index (χ0v) is 14.7. The molecule has 2 heterocycles. The number of nitrogens with zero attached hydrogens (tertiary/aromatic N) is 2. The quantitative estimate of drug-likeness (QED) is 0.853. The van der Waals surface area contributed by atoms with Gasteiger partial charge in [0.1, 0.15) is 12.1 Å². The number of halogens is 3. The van der Waals surface area contributed by atoms with E-state index in [0.717, 1.165) is 5.56 Å². The highest BCUT2D eigenvalue weighted by atomic mass is 19.4. The minimum atomic E-state index is -4.72. The Morgan fingerprint density at radius 1 is 1.22 bits per heavy atom. The largest absolute Gasteiger partial charge is 0.573 e. The number of amides is 1. The van der Waals surface area contributed by atoms with Gasteiger partial charge in [-0.05, 0) is 30.7 Å². The van der Waals surface area contributed by atoms with Crippen molar-refractivity contribution in [1.29, 1.82) is 0 Å². The van der Waals surface area contributed by atoms with E-state index >= 15 is 0 Å². The second kappa shape index (κ2) is 7.51. The number of benzene rings is 1. The molecule has 144 valence electrons. The maximum absolute atomic E-state index is 12.3. The predicted molar refractivity (Wildman–Crippen MR) is 90.8 cm³/mol. The highest BCUT2D eigenvalue weighted by Gasteiger charge is 2.31. The molecule has 6 nitrogen and oxygen atoms in total. The van der Waals surface area contributed by atoms with Gasteiger partial charge in [0.15, 0.2) is 0 Å². The number of alkyl halides is 3. The monoisotopic (exact) mass is 380 g/mol. The number of nitrogens with one attached hydrogen (secondary N) is 2. The van der Waals surface area contributed by atoms with Gasteiger partial charge in [0.25, 0.3) is 0 Å². The maximum atomic E-state index is 12.3. The molecule has 1 aliphatic heterocycles. The molecule has 0 spiro atoms. The van der Waals surface area contributed by atoms with E-state index in [1.54, 1.807) is 12.1 Å². The van der Waals surface area contributed by atoms with Crippen LogP contribution in [0.2, 0.25) is 0 Å². The number of ether oxygens (including phenoxy) is 1. The van der Waals surface area contributed by atoms with Gasteiger partial charge >= 0.3 is 6.36 Å². The summed E-state index contributed by atoms with van der Waals surface area (Å²) in [6.07, 6.45) is -3.17. The van der Waals surface area contributed by atoms with E-state index < -0.39 is 6.36 Å². The lowest BCUT2D eigenvalue weighted by atomic mass is 9.96. The first-order valence-corrected chi connectivity index (χ1v) is 8.44. The van der Waals surface area contributed by atoms with Gasteiger partial charge in [-0.25, -0.2) is 9.97 Å². The summed E-state index contributed by atoms with van der Waals surface area (Å²) in [5.41, 5.74) is 2.20. The van der Waals surface area contributed by atoms with Crippen molar-refractivity contribution in [2.45, 2.75) is 44.8 Å². The van der Waals surface area contributed by atoms with E-state index in [1.807, 2.05) is 19.9 Å². The topological polar surface area (TPSA) is 76.1 Å². The number of carbonyl (C=O) groups excluding carboxylic acids is 1. The minimum absolute atomic E-state index is 0.0558. The Kier molecular flexibility index (Phi) is 5.31. The summed E-state index contributed by atoms with van der Waals surface area (Å²) in [5.74, 6) is -0.491. The molecule has 1 saturated heterocycles. The molecule has 0 saturated carbocycles. The fourth-order valence-electron chi connectivity index (χ4n) is 3.02. The van der Waals surface area contributed by atoms with E-state index in [-0.39, 0.29) is 36.2 Å². The Morgan fingerprint density at radius 2 is 1.93 bits per heavy atom. The molecule has 27 heavy (non-hydrogen) atoms. The summed E-state index contributed by atoms with van der Waals surface area (Å²) >= 11 is 0. The predicted octanol–water partition coefficient (Wildman–Crippen LogP) is 3.02. The van der Waals surface area contributed by atoms with Gasteiger partial charge in [-0.3, -0.25) is 10.1 Å². The summed E-state index contributed by atoms with van der Waals surface area (Å²) in [4.78, 5) is 20.3. The Morgan fingerprint density at radius 3 is 2.56 bits per heavy atom. The van der Waals surface area contributed by atoms with Gasteiger partial charge in [-0.1, -0.05) is 19.1 Å². The lowest BCUT2D eigenvalue weighted by Gasteiger charge is -2.29. The molecule has 1 aliphatic rings. The van der Waals surface area contributed by atoms with Gasteiger partial charge in [0, 0.05) is 12.3 Å². The van der Waals surface area contributed by atoms with Crippen molar-refractivity contribution in [3.8, 4) is 5.75 Å². The van der Waals surface area contributed by atoms with Crippen LogP contribution in [0.15, 0.2) is 36.7 Å². The molecular formula is C18H19F3N4O2. The van der Waals surface area contributed by atoms with Crippen LogP contribution >= 0.6 is 0 Å². The molecule has 1 aromatic carbocycles. The number of rotatable bonds is 4. The van der Waals surface area contributed by atoms with E-state index in [0.29, 0.717) is 11.4 Å². The number of carbonyl (C=O) groups is 1. The second-order valence-electron chi connectivity index (χ2n) is 6.42.